The van der Waals surface area contributed by atoms with E-state index in [2.05, 4.69) is 6.58 Å². The molecule has 0 aromatic carbocycles. The third-order valence-corrected chi connectivity index (χ3v) is 0.421. The smallest absolute Gasteiger partial charge is 0.314 e. The second kappa shape index (κ2) is 12.5. The number of carbonyl (C=O) groups is 1. The lowest BCUT2D eigenvalue weighted by Gasteiger charge is -1.81. The fourth-order valence-corrected chi connectivity index (χ4v) is 0. The normalized spacial score (nSPS) is 8.21. The van der Waals surface area contributed by atoms with Crippen molar-refractivity contribution in [3.63, 3.8) is 0 Å². The Hall–Kier alpha value is -0.490. The Morgan fingerprint density at radius 1 is 1.14 bits per heavy atom. The summed E-state index contributed by atoms with van der Waals surface area (Å²) in [6.07, 6.45) is 0. The van der Waals surface area contributed by atoms with E-state index in [1.807, 2.05) is 0 Å². The average molecular weight is 249 g/mol. The summed E-state index contributed by atoms with van der Waals surface area (Å²) in [6, 6.07) is 0. The Morgan fingerprint density at radius 2 is 1.21 bits per heavy atom. The molecule has 0 atom stereocenters. The van der Waals surface area contributed by atoms with Gasteiger partial charge in [-0.2, -0.15) is 0 Å². The first kappa shape index (κ1) is 19.1. The Bertz CT molecular complexity index is 196. The molecule has 0 spiro atoms. The van der Waals surface area contributed by atoms with Gasteiger partial charge in [-0.05, 0) is 6.92 Å². The van der Waals surface area contributed by atoms with E-state index in [0.717, 1.165) is 0 Å². The van der Waals surface area contributed by atoms with Crippen molar-refractivity contribution in [3.05, 3.63) is 12.2 Å². The summed E-state index contributed by atoms with van der Waals surface area (Å²) in [4.78, 5) is 38.5. The van der Waals surface area contributed by atoms with E-state index in [0.29, 0.717) is 5.57 Å². The standard InChI is InChI=1S/C4H7NO.2H3O3P/c1-3(2)4(5)6;2*1-4(2)3/h1H2,2H3,(H2,5,6);2*4H,(H2,1,2,3). The number of nitrogens with two attached hydrogens (primary N) is 1. The minimum Gasteiger partial charge on any atom is -0.366 e. The van der Waals surface area contributed by atoms with Crippen LogP contribution < -0.4 is 5.73 Å². The van der Waals surface area contributed by atoms with Crippen LogP contribution >= 0.6 is 16.5 Å². The van der Waals surface area contributed by atoms with Gasteiger partial charge in [-0.15, -0.1) is 0 Å². The van der Waals surface area contributed by atoms with Crippen molar-refractivity contribution < 1.29 is 33.5 Å². The van der Waals surface area contributed by atoms with Crippen molar-refractivity contribution in [3.8, 4) is 0 Å². The molecule has 8 nitrogen and oxygen atoms in total. The van der Waals surface area contributed by atoms with Crippen molar-refractivity contribution in [1.29, 1.82) is 0 Å². The molecule has 0 aromatic rings. The van der Waals surface area contributed by atoms with Crippen LogP contribution in [0.5, 0.6) is 0 Å². The maximum atomic E-state index is 9.82. The molecule has 10 heteroatoms. The molecule has 0 aliphatic carbocycles. The molecule has 0 aromatic heterocycles. The molecule has 0 heterocycles. The number of primary amides is 1. The van der Waals surface area contributed by atoms with Crippen molar-refractivity contribution >= 4 is 22.4 Å². The molecule has 0 unspecified atom stereocenters. The van der Waals surface area contributed by atoms with Gasteiger partial charge in [0.05, 0.1) is 0 Å². The van der Waals surface area contributed by atoms with Gasteiger partial charge in [0.1, 0.15) is 0 Å². The summed E-state index contributed by atoms with van der Waals surface area (Å²) in [5.74, 6) is -0.435. The molecule has 0 fully saturated rings. The van der Waals surface area contributed by atoms with Crippen LogP contribution in [0.25, 0.3) is 0 Å². The molecule has 6 N–H and O–H groups in total. The van der Waals surface area contributed by atoms with Crippen LogP contribution in [0.2, 0.25) is 0 Å². The third kappa shape index (κ3) is 103. The van der Waals surface area contributed by atoms with Crippen LogP contribution in [-0.2, 0) is 13.9 Å². The van der Waals surface area contributed by atoms with E-state index in [1.165, 1.54) is 0 Å². The lowest BCUT2D eigenvalue weighted by atomic mass is 10.3. The van der Waals surface area contributed by atoms with Gasteiger partial charge >= 0.3 is 16.5 Å². The SMILES string of the molecule is C=C(C)C(N)=O.O=[PH](O)O.O=[PH](O)O. The van der Waals surface area contributed by atoms with Crippen LogP contribution in [0.15, 0.2) is 12.2 Å². The first-order valence-electron chi connectivity index (χ1n) is 2.90. The van der Waals surface area contributed by atoms with Crippen molar-refractivity contribution in [1.82, 2.24) is 0 Å². The first-order chi connectivity index (χ1) is 6.11. The molecular weight excluding hydrogens is 236 g/mol. The van der Waals surface area contributed by atoms with Crippen LogP contribution in [0, 0.1) is 0 Å². The fourth-order valence-electron chi connectivity index (χ4n) is 0. The molecule has 0 saturated heterocycles. The highest BCUT2D eigenvalue weighted by Crippen LogP contribution is 1.98. The molecule has 0 radical (unpaired) electrons. The van der Waals surface area contributed by atoms with E-state index in [-0.39, 0.29) is 0 Å². The maximum absolute atomic E-state index is 9.82. The van der Waals surface area contributed by atoms with E-state index >= 15 is 0 Å². The maximum Gasteiger partial charge on any atom is 0.314 e. The highest BCUT2D eigenvalue weighted by molar-refractivity contribution is 7.31. The molecule has 0 aliphatic heterocycles. The van der Waals surface area contributed by atoms with E-state index in [1.54, 1.807) is 6.92 Å². The second-order valence-electron chi connectivity index (χ2n) is 1.71. The summed E-state index contributed by atoms with van der Waals surface area (Å²) >= 11 is 0. The molecular formula is C4H13NO7P2. The minimum absolute atomic E-state index is 0.398. The Labute approximate surface area is 81.6 Å². The second-order valence-corrected chi connectivity index (χ2v) is 2.84. The quantitative estimate of drug-likeness (QED) is 0.287. The predicted molar refractivity (Wildman–Crippen MR) is 50.9 cm³/mol. The summed E-state index contributed by atoms with van der Waals surface area (Å²) < 4.78 is 17.5. The lowest BCUT2D eigenvalue weighted by molar-refractivity contribution is -0.114. The van der Waals surface area contributed by atoms with Gasteiger partial charge in [-0.25, -0.2) is 0 Å². The van der Waals surface area contributed by atoms with Gasteiger partial charge in [0, 0.05) is 5.57 Å². The number of hydrogen-bond acceptors (Lipinski definition) is 3. The third-order valence-electron chi connectivity index (χ3n) is 0.421. The molecule has 1 amide bonds. The predicted octanol–water partition coefficient (Wildman–Crippen LogP) is -1.23. The van der Waals surface area contributed by atoms with Crippen LogP contribution in [0.4, 0.5) is 0 Å². The fraction of sp³-hybridized carbons (Fsp3) is 0.250. The Morgan fingerprint density at radius 3 is 1.21 bits per heavy atom. The van der Waals surface area contributed by atoms with Gasteiger partial charge in [-0.3, -0.25) is 13.9 Å². The summed E-state index contributed by atoms with van der Waals surface area (Å²) in [6.45, 7) is 4.85. The highest BCUT2D eigenvalue weighted by atomic mass is 31.1. The molecule has 0 bridgehead atoms. The molecule has 0 aliphatic rings. The van der Waals surface area contributed by atoms with E-state index in [4.69, 9.17) is 34.4 Å². The number of amides is 1. The lowest BCUT2D eigenvalue weighted by Crippen LogP contribution is -2.10. The molecule has 0 saturated carbocycles. The summed E-state index contributed by atoms with van der Waals surface area (Å²) in [5.41, 5.74) is 5.09. The van der Waals surface area contributed by atoms with Crippen molar-refractivity contribution in [2.45, 2.75) is 6.92 Å². The zero-order chi connectivity index (χ0) is 12.3. The molecule has 86 valence electrons. The van der Waals surface area contributed by atoms with Crippen molar-refractivity contribution in [2.24, 2.45) is 5.73 Å². The Kier molecular flexibility index (Phi) is 17.1. The van der Waals surface area contributed by atoms with Crippen LogP contribution in [-0.4, -0.2) is 25.5 Å². The molecule has 14 heavy (non-hydrogen) atoms. The Balaban J connectivity index is -0.000000135. The zero-order valence-electron chi connectivity index (χ0n) is 7.30. The largest absolute Gasteiger partial charge is 0.366 e. The van der Waals surface area contributed by atoms with Crippen molar-refractivity contribution in [2.75, 3.05) is 0 Å². The van der Waals surface area contributed by atoms with Crippen LogP contribution in [0.1, 0.15) is 6.92 Å². The summed E-state index contributed by atoms with van der Waals surface area (Å²) in [5, 5.41) is 0. The van der Waals surface area contributed by atoms with Gasteiger partial charge < -0.3 is 25.3 Å². The van der Waals surface area contributed by atoms with E-state index in [9.17, 15) is 4.79 Å². The monoisotopic (exact) mass is 249 g/mol. The van der Waals surface area contributed by atoms with Gasteiger partial charge in [0.15, 0.2) is 0 Å². The number of hydrogen-bond donors (Lipinski definition) is 5. The molecule has 0 rings (SSSR count). The highest BCUT2D eigenvalue weighted by Gasteiger charge is 1.86. The minimum atomic E-state index is -3.13. The topological polar surface area (TPSA) is 158 Å². The van der Waals surface area contributed by atoms with Gasteiger partial charge in [-0.1, -0.05) is 6.58 Å². The van der Waals surface area contributed by atoms with E-state index < -0.39 is 22.4 Å². The van der Waals surface area contributed by atoms with Gasteiger partial charge in [0.25, 0.3) is 0 Å². The zero-order valence-corrected chi connectivity index (χ0v) is 9.30. The average Bonchev–Trinajstić information content (AvgIpc) is 1.83. The first-order valence-corrected chi connectivity index (χ1v) is 5.50. The van der Waals surface area contributed by atoms with Gasteiger partial charge in [0.2, 0.25) is 5.91 Å². The number of rotatable bonds is 1. The number of carbonyl (C=O) groups excluding carboxylic acids is 1. The summed E-state index contributed by atoms with van der Waals surface area (Å²) in [7, 11) is -6.26. The van der Waals surface area contributed by atoms with Crippen LogP contribution in [0.3, 0.4) is 0 Å².